The van der Waals surface area contributed by atoms with E-state index in [0.29, 0.717) is 0 Å². The molecule has 0 fully saturated rings. The van der Waals surface area contributed by atoms with Gasteiger partial charge in [0.1, 0.15) is 0 Å². The fourth-order valence-electron chi connectivity index (χ4n) is 1.63. The highest BCUT2D eigenvalue weighted by Crippen LogP contribution is 2.12. The second kappa shape index (κ2) is 21.4. The van der Waals surface area contributed by atoms with Gasteiger partial charge in [0.15, 0.2) is 0 Å². The summed E-state index contributed by atoms with van der Waals surface area (Å²) >= 11 is 0. The van der Waals surface area contributed by atoms with Crippen LogP contribution in [0.2, 0.25) is 0 Å². The molecule has 0 unspecified atom stereocenters. The van der Waals surface area contributed by atoms with E-state index in [2.05, 4.69) is 39.5 Å². The summed E-state index contributed by atoms with van der Waals surface area (Å²) in [5, 5.41) is 0. The number of hydrogen-bond donors (Lipinski definition) is 0. The molecule has 0 aliphatic carbocycles. The first-order valence-electron chi connectivity index (χ1n) is 9.46. The topological polar surface area (TPSA) is 83.1 Å². The van der Waals surface area contributed by atoms with E-state index in [1.165, 1.54) is 36.5 Å². The van der Waals surface area contributed by atoms with Crippen LogP contribution in [0, 0.1) is 0 Å². The summed E-state index contributed by atoms with van der Waals surface area (Å²) in [7, 11) is -1.46. The van der Waals surface area contributed by atoms with Crippen molar-refractivity contribution in [2.45, 2.75) is 19.4 Å². The van der Waals surface area contributed by atoms with E-state index in [9.17, 15) is 0 Å². The van der Waals surface area contributed by atoms with Crippen molar-refractivity contribution in [1.29, 1.82) is 0 Å². The molecule has 0 saturated heterocycles. The molecule has 0 bridgehead atoms. The van der Waals surface area contributed by atoms with Crippen molar-refractivity contribution in [3.05, 3.63) is 75.9 Å². The quantitative estimate of drug-likeness (QED) is 0.128. The molecule has 0 aromatic heterocycles. The van der Waals surface area contributed by atoms with Crippen molar-refractivity contribution < 1.29 is 42.4 Å². The van der Waals surface area contributed by atoms with E-state index in [0.717, 1.165) is 0 Å². The van der Waals surface area contributed by atoms with E-state index in [-0.39, 0.29) is 39.6 Å². The van der Waals surface area contributed by atoms with Gasteiger partial charge >= 0.3 is 7.32 Å². The molecular weight excluding hydrogens is 407 g/mol. The average molecular weight is 440 g/mol. The predicted molar refractivity (Wildman–Crippen MR) is 117 cm³/mol. The average Bonchev–Trinajstić information content (AvgIpc) is 2.78. The number of hydrogen-bond acceptors (Lipinski definition) is 9. The van der Waals surface area contributed by atoms with Gasteiger partial charge in [-0.2, -0.15) is 0 Å². The van der Waals surface area contributed by atoms with Gasteiger partial charge in [0.25, 0.3) is 19.4 Å². The van der Waals surface area contributed by atoms with Crippen LogP contribution in [0.4, 0.5) is 0 Å². The summed E-state index contributed by atoms with van der Waals surface area (Å²) in [5.74, 6) is 0. The van der Waals surface area contributed by atoms with Crippen molar-refractivity contribution in [3.63, 3.8) is 0 Å². The smallest absolute Gasteiger partial charge is 0.336 e. The number of ether oxygens (including phenoxy) is 6. The van der Waals surface area contributed by atoms with Crippen LogP contribution < -0.4 is 0 Å². The lowest BCUT2D eigenvalue weighted by atomic mass is 10.2. The lowest BCUT2D eigenvalue weighted by molar-refractivity contribution is -0.308. The minimum Gasteiger partial charge on any atom is -0.336 e. The summed E-state index contributed by atoms with van der Waals surface area (Å²) in [6.07, 6.45) is 9.15. The maximum Gasteiger partial charge on any atom is 0.650 e. The van der Waals surface area contributed by atoms with Crippen molar-refractivity contribution in [3.8, 4) is 0 Å². The Labute approximate surface area is 185 Å². The van der Waals surface area contributed by atoms with E-state index < -0.39 is 26.7 Å². The lowest BCUT2D eigenvalue weighted by Gasteiger charge is -2.27. The van der Waals surface area contributed by atoms with Crippen molar-refractivity contribution >= 4 is 7.32 Å². The van der Waals surface area contributed by atoms with Crippen LogP contribution in [0.5, 0.6) is 0 Å². The Morgan fingerprint density at radius 1 is 0.419 bits per heavy atom. The van der Waals surface area contributed by atoms with Crippen LogP contribution in [0.15, 0.2) is 75.9 Å². The lowest BCUT2D eigenvalue weighted by Crippen LogP contribution is -2.43. The molecule has 9 nitrogen and oxygen atoms in total. The maximum atomic E-state index is 5.63. The normalized spacial score (nSPS) is 10.9. The maximum absolute atomic E-state index is 5.63. The standard InChI is InChI=1S/C21H33BO9/c1-7-13-23-19(24-14-8-2)29-22(30-20(25-15-9-3)26-16-10-4)31-21(27-17-11-5)28-18-12-6/h7-12,19-21H,1-6,13-18H2. The molecule has 174 valence electrons. The predicted octanol–water partition coefficient (Wildman–Crippen LogP) is 3.09. The minimum absolute atomic E-state index is 0.140. The summed E-state index contributed by atoms with van der Waals surface area (Å²) < 4.78 is 49.4. The molecule has 0 aromatic rings. The Hall–Kier alpha value is -1.86. The fourth-order valence-corrected chi connectivity index (χ4v) is 1.63. The van der Waals surface area contributed by atoms with Crippen LogP contribution in [0.25, 0.3) is 0 Å². The van der Waals surface area contributed by atoms with Gasteiger partial charge in [0, 0.05) is 0 Å². The Morgan fingerprint density at radius 3 is 0.774 bits per heavy atom. The molecule has 0 heterocycles. The third kappa shape index (κ3) is 16.5. The van der Waals surface area contributed by atoms with Crippen LogP contribution >= 0.6 is 0 Å². The summed E-state index contributed by atoms with van der Waals surface area (Å²) in [4.78, 5) is 0. The highest BCUT2D eigenvalue weighted by atomic mass is 17.0. The zero-order chi connectivity index (χ0) is 23.2. The molecular formula is C21H33BO9. The van der Waals surface area contributed by atoms with E-state index >= 15 is 0 Å². The molecule has 0 spiro atoms. The third-order valence-electron chi connectivity index (χ3n) is 2.77. The molecule has 0 atom stereocenters. The van der Waals surface area contributed by atoms with Crippen LogP contribution in [0.1, 0.15) is 0 Å². The van der Waals surface area contributed by atoms with Gasteiger partial charge in [-0.15, -0.1) is 39.5 Å². The Balaban J connectivity index is 5.41. The number of rotatable bonds is 24. The van der Waals surface area contributed by atoms with Crippen LogP contribution in [0.3, 0.4) is 0 Å². The van der Waals surface area contributed by atoms with Gasteiger partial charge in [-0.3, -0.25) is 0 Å². The van der Waals surface area contributed by atoms with Gasteiger partial charge < -0.3 is 42.4 Å². The molecule has 0 amide bonds. The molecule has 0 aliphatic heterocycles. The molecule has 10 heteroatoms. The van der Waals surface area contributed by atoms with E-state index in [4.69, 9.17) is 42.4 Å². The zero-order valence-electron chi connectivity index (χ0n) is 17.9. The zero-order valence-corrected chi connectivity index (χ0v) is 17.9. The van der Waals surface area contributed by atoms with Gasteiger partial charge in [0.05, 0.1) is 39.6 Å². The van der Waals surface area contributed by atoms with Gasteiger partial charge in [-0.25, -0.2) is 0 Å². The fraction of sp³-hybridized carbons (Fsp3) is 0.429. The van der Waals surface area contributed by atoms with Gasteiger partial charge in [0.2, 0.25) is 0 Å². The third-order valence-corrected chi connectivity index (χ3v) is 2.77. The SMILES string of the molecule is C=CCOC(OCC=C)OB(OC(OCC=C)OCC=C)OC(OCC=C)OCC=C. The van der Waals surface area contributed by atoms with Crippen molar-refractivity contribution in [1.82, 2.24) is 0 Å². The first-order valence-corrected chi connectivity index (χ1v) is 9.46. The second-order valence-corrected chi connectivity index (χ2v) is 5.29. The van der Waals surface area contributed by atoms with Crippen molar-refractivity contribution in [2.24, 2.45) is 0 Å². The van der Waals surface area contributed by atoms with Gasteiger partial charge in [-0.1, -0.05) is 36.5 Å². The second-order valence-electron chi connectivity index (χ2n) is 5.29. The molecule has 0 aliphatic rings. The van der Waals surface area contributed by atoms with Crippen molar-refractivity contribution in [2.75, 3.05) is 39.6 Å². The van der Waals surface area contributed by atoms with E-state index in [1.807, 2.05) is 0 Å². The van der Waals surface area contributed by atoms with Crippen LogP contribution in [-0.4, -0.2) is 66.4 Å². The molecule has 31 heavy (non-hydrogen) atoms. The molecule has 0 saturated carbocycles. The molecule has 0 N–H and O–H groups in total. The Morgan fingerprint density at radius 2 is 0.613 bits per heavy atom. The minimum atomic E-state index is -1.46. The van der Waals surface area contributed by atoms with E-state index in [1.54, 1.807) is 0 Å². The monoisotopic (exact) mass is 440 g/mol. The first kappa shape index (κ1) is 29.1. The first-order chi connectivity index (χ1) is 15.1. The Kier molecular flexibility index (Phi) is 20.1. The highest BCUT2D eigenvalue weighted by molar-refractivity contribution is 6.36. The molecule has 0 radical (unpaired) electrons. The highest BCUT2D eigenvalue weighted by Gasteiger charge is 2.35. The summed E-state index contributed by atoms with van der Waals surface area (Å²) in [6, 6.07) is 0. The summed E-state index contributed by atoms with van der Waals surface area (Å²) in [5.41, 5.74) is 0. The largest absolute Gasteiger partial charge is 0.650 e. The Bertz CT molecular complexity index is 408. The summed E-state index contributed by atoms with van der Waals surface area (Å²) in [6.45, 7) is 18.8. The molecule has 0 aromatic carbocycles. The molecule has 0 rings (SSSR count). The van der Waals surface area contributed by atoms with Crippen LogP contribution in [-0.2, 0) is 42.4 Å². The van der Waals surface area contributed by atoms with Gasteiger partial charge in [-0.05, 0) is 0 Å².